The van der Waals surface area contributed by atoms with E-state index in [2.05, 4.69) is 20.1 Å². The van der Waals surface area contributed by atoms with Crippen molar-refractivity contribution in [2.45, 2.75) is 6.54 Å². The zero-order valence-electron chi connectivity index (χ0n) is 11.8. The lowest BCUT2D eigenvalue weighted by Crippen LogP contribution is -2.05. The van der Waals surface area contributed by atoms with Gasteiger partial charge in [-0.15, -0.1) is 27.8 Å². The maximum Gasteiger partial charge on any atom is 0.210 e. The highest BCUT2D eigenvalue weighted by molar-refractivity contribution is 7.13. The summed E-state index contributed by atoms with van der Waals surface area (Å²) in [5.41, 5.74) is 0.556. The SMILES string of the molecule is Fc1ccccc1Cn1nc(-c2nccs2)nc1-c1nccs1. The molecule has 0 N–H and O–H groups in total. The van der Waals surface area contributed by atoms with E-state index in [-0.39, 0.29) is 5.82 Å². The van der Waals surface area contributed by atoms with Crippen LogP contribution in [0.3, 0.4) is 0 Å². The molecule has 3 heterocycles. The molecule has 0 aliphatic rings. The normalized spacial score (nSPS) is 11.0. The van der Waals surface area contributed by atoms with Gasteiger partial charge in [-0.1, -0.05) is 18.2 Å². The largest absolute Gasteiger partial charge is 0.241 e. The van der Waals surface area contributed by atoms with Gasteiger partial charge in [-0.2, -0.15) is 0 Å². The molecule has 1 aromatic carbocycles. The number of rotatable bonds is 4. The van der Waals surface area contributed by atoms with E-state index in [9.17, 15) is 4.39 Å². The molecule has 0 bridgehead atoms. The second kappa shape index (κ2) is 5.98. The molecule has 3 aromatic heterocycles. The third-order valence-electron chi connectivity index (χ3n) is 3.20. The maximum atomic E-state index is 13.9. The van der Waals surface area contributed by atoms with E-state index in [1.165, 1.54) is 28.7 Å². The fourth-order valence-electron chi connectivity index (χ4n) is 2.16. The quantitative estimate of drug-likeness (QED) is 0.567. The van der Waals surface area contributed by atoms with Crippen molar-refractivity contribution >= 4 is 22.7 Å². The van der Waals surface area contributed by atoms with Crippen LogP contribution in [0.1, 0.15) is 5.56 Å². The number of hydrogen-bond donors (Lipinski definition) is 0. The van der Waals surface area contributed by atoms with Crippen molar-refractivity contribution in [1.82, 2.24) is 24.7 Å². The first-order valence-electron chi connectivity index (χ1n) is 6.79. The van der Waals surface area contributed by atoms with Gasteiger partial charge in [0.2, 0.25) is 5.82 Å². The summed E-state index contributed by atoms with van der Waals surface area (Å²) >= 11 is 2.93. The molecular formula is C15H10FN5S2. The zero-order valence-corrected chi connectivity index (χ0v) is 13.4. The van der Waals surface area contributed by atoms with E-state index >= 15 is 0 Å². The molecule has 4 rings (SSSR count). The van der Waals surface area contributed by atoms with E-state index in [0.717, 1.165) is 10.0 Å². The first-order valence-corrected chi connectivity index (χ1v) is 8.55. The number of aromatic nitrogens is 5. The molecule has 0 atom stereocenters. The molecule has 23 heavy (non-hydrogen) atoms. The van der Waals surface area contributed by atoms with E-state index in [1.54, 1.807) is 35.3 Å². The van der Waals surface area contributed by atoms with Crippen LogP contribution in [0, 0.1) is 5.82 Å². The summed E-state index contributed by atoms with van der Waals surface area (Å²) in [6.45, 7) is 0.292. The summed E-state index contributed by atoms with van der Waals surface area (Å²) in [5.74, 6) is 0.888. The number of thiazole rings is 2. The Bertz CT molecular complexity index is 915. The molecule has 0 saturated heterocycles. The molecule has 0 radical (unpaired) electrons. The highest BCUT2D eigenvalue weighted by Crippen LogP contribution is 2.26. The Labute approximate surface area is 139 Å². The number of hydrogen-bond acceptors (Lipinski definition) is 6. The van der Waals surface area contributed by atoms with Gasteiger partial charge in [0.05, 0.1) is 6.54 Å². The maximum absolute atomic E-state index is 13.9. The lowest BCUT2D eigenvalue weighted by Gasteiger charge is -2.05. The Morgan fingerprint density at radius 3 is 2.43 bits per heavy atom. The zero-order chi connectivity index (χ0) is 15.6. The standard InChI is InChI=1S/C15H10FN5S2/c16-11-4-2-1-3-10(11)9-21-13(15-18-6-8-23-15)19-12(20-21)14-17-5-7-22-14/h1-8H,9H2. The van der Waals surface area contributed by atoms with Crippen molar-refractivity contribution in [1.29, 1.82) is 0 Å². The summed E-state index contributed by atoms with van der Waals surface area (Å²) in [4.78, 5) is 13.1. The fraction of sp³-hybridized carbons (Fsp3) is 0.0667. The van der Waals surface area contributed by atoms with Crippen molar-refractivity contribution in [3.63, 3.8) is 0 Å². The smallest absolute Gasteiger partial charge is 0.210 e. The minimum Gasteiger partial charge on any atom is -0.241 e. The van der Waals surface area contributed by atoms with Crippen molar-refractivity contribution in [2.75, 3.05) is 0 Å². The predicted octanol–water partition coefficient (Wildman–Crippen LogP) is 3.71. The molecule has 0 fully saturated rings. The van der Waals surface area contributed by atoms with Crippen molar-refractivity contribution in [3.05, 3.63) is 58.8 Å². The van der Waals surface area contributed by atoms with E-state index < -0.39 is 0 Å². The molecule has 114 valence electrons. The van der Waals surface area contributed by atoms with Gasteiger partial charge in [0.1, 0.15) is 5.82 Å². The van der Waals surface area contributed by atoms with Crippen LogP contribution >= 0.6 is 22.7 Å². The molecule has 8 heteroatoms. The van der Waals surface area contributed by atoms with Gasteiger partial charge in [-0.25, -0.2) is 24.0 Å². The van der Waals surface area contributed by atoms with Crippen LogP contribution in [0.15, 0.2) is 47.4 Å². The Balaban J connectivity index is 1.79. The van der Waals surface area contributed by atoms with E-state index in [4.69, 9.17) is 0 Å². The fourth-order valence-corrected chi connectivity index (χ4v) is 3.35. The van der Waals surface area contributed by atoms with Crippen LogP contribution in [-0.4, -0.2) is 24.7 Å². The van der Waals surface area contributed by atoms with Gasteiger partial charge in [-0.3, -0.25) is 0 Å². The summed E-state index contributed by atoms with van der Waals surface area (Å²) in [7, 11) is 0. The molecule has 0 saturated carbocycles. The summed E-state index contributed by atoms with van der Waals surface area (Å²) in [6.07, 6.45) is 3.42. The van der Waals surface area contributed by atoms with Crippen LogP contribution in [0.4, 0.5) is 4.39 Å². The average molecular weight is 343 g/mol. The molecule has 4 aromatic rings. The molecule has 5 nitrogen and oxygen atoms in total. The average Bonchev–Trinajstić information content (AvgIpc) is 3.30. The molecular weight excluding hydrogens is 333 g/mol. The van der Waals surface area contributed by atoms with Crippen molar-refractivity contribution < 1.29 is 4.39 Å². The van der Waals surface area contributed by atoms with Crippen molar-refractivity contribution in [3.8, 4) is 21.7 Å². The van der Waals surface area contributed by atoms with Gasteiger partial charge in [-0.05, 0) is 6.07 Å². The second-order valence-corrected chi connectivity index (χ2v) is 6.47. The highest BCUT2D eigenvalue weighted by atomic mass is 32.1. The van der Waals surface area contributed by atoms with Crippen molar-refractivity contribution in [2.24, 2.45) is 0 Å². The molecule has 0 aliphatic heterocycles. The van der Waals surface area contributed by atoms with Gasteiger partial charge in [0, 0.05) is 28.7 Å². The summed E-state index contributed by atoms with van der Waals surface area (Å²) < 4.78 is 15.6. The number of halogens is 1. The third kappa shape index (κ3) is 2.78. The second-order valence-electron chi connectivity index (χ2n) is 4.68. The summed E-state index contributed by atoms with van der Waals surface area (Å²) in [5, 5.41) is 9.72. The number of nitrogens with zero attached hydrogens (tertiary/aromatic N) is 5. The Kier molecular flexibility index (Phi) is 3.68. The first kappa shape index (κ1) is 14.2. The van der Waals surface area contributed by atoms with Gasteiger partial charge < -0.3 is 0 Å². The monoisotopic (exact) mass is 343 g/mol. The van der Waals surface area contributed by atoms with Crippen LogP contribution in [0.2, 0.25) is 0 Å². The minimum atomic E-state index is -0.260. The Morgan fingerprint density at radius 1 is 1.00 bits per heavy atom. The molecule has 0 spiro atoms. The first-order chi connectivity index (χ1) is 11.3. The van der Waals surface area contributed by atoms with Crippen LogP contribution < -0.4 is 0 Å². The Morgan fingerprint density at radius 2 is 1.74 bits per heavy atom. The topological polar surface area (TPSA) is 56.5 Å². The lowest BCUT2D eigenvalue weighted by atomic mass is 10.2. The van der Waals surface area contributed by atoms with E-state index in [0.29, 0.717) is 23.8 Å². The third-order valence-corrected chi connectivity index (χ3v) is 4.73. The summed E-state index contributed by atoms with van der Waals surface area (Å²) in [6, 6.07) is 6.66. The Hall–Kier alpha value is -2.45. The lowest BCUT2D eigenvalue weighted by molar-refractivity contribution is 0.587. The van der Waals surface area contributed by atoms with Gasteiger partial charge in [0.15, 0.2) is 15.8 Å². The van der Waals surface area contributed by atoms with Gasteiger partial charge in [0.25, 0.3) is 0 Å². The predicted molar refractivity (Wildman–Crippen MR) is 87.7 cm³/mol. The minimum absolute atomic E-state index is 0.260. The molecule has 0 aliphatic carbocycles. The molecule has 0 amide bonds. The molecule has 0 unspecified atom stereocenters. The van der Waals surface area contributed by atoms with Crippen LogP contribution in [0.5, 0.6) is 0 Å². The number of benzene rings is 1. The highest BCUT2D eigenvalue weighted by Gasteiger charge is 2.17. The van der Waals surface area contributed by atoms with Crippen LogP contribution in [0.25, 0.3) is 21.7 Å². The van der Waals surface area contributed by atoms with E-state index in [1.807, 2.05) is 10.8 Å². The van der Waals surface area contributed by atoms with Crippen LogP contribution in [-0.2, 0) is 6.54 Å². The van der Waals surface area contributed by atoms with Gasteiger partial charge >= 0.3 is 0 Å².